The highest BCUT2D eigenvalue weighted by Crippen LogP contribution is 2.24. The molecule has 0 aromatic carbocycles. The van der Waals surface area contributed by atoms with Crippen molar-refractivity contribution in [3.8, 4) is 0 Å². The Bertz CT molecular complexity index is 383. The zero-order valence-electron chi connectivity index (χ0n) is 10.3. The van der Waals surface area contributed by atoms with E-state index in [4.69, 9.17) is 0 Å². The van der Waals surface area contributed by atoms with Gasteiger partial charge in [0.1, 0.15) is 12.1 Å². The summed E-state index contributed by atoms with van der Waals surface area (Å²) in [4.78, 5) is 11.4. The lowest BCUT2D eigenvalue weighted by Gasteiger charge is -2.27. The minimum atomic E-state index is 0.901. The van der Waals surface area contributed by atoms with E-state index >= 15 is 0 Å². The summed E-state index contributed by atoms with van der Waals surface area (Å²) in [5.74, 6) is 1.21. The van der Waals surface area contributed by atoms with Crippen LogP contribution in [0, 0.1) is 0 Å². The van der Waals surface area contributed by atoms with Gasteiger partial charge in [-0.2, -0.15) is 0 Å². The van der Waals surface area contributed by atoms with Gasteiger partial charge in [-0.1, -0.05) is 12.8 Å². The molecule has 2 aliphatic rings. The SMILES string of the molecule is c1nc2c(c(N3CCCCCC3)n1)CCNC2. The second-order valence-corrected chi connectivity index (χ2v) is 4.95. The molecule has 0 radical (unpaired) electrons. The normalized spacial score (nSPS) is 20.8. The predicted octanol–water partition coefficient (Wildman–Crippen LogP) is 1.50. The van der Waals surface area contributed by atoms with Crippen LogP contribution < -0.4 is 10.2 Å². The van der Waals surface area contributed by atoms with Crippen molar-refractivity contribution in [2.24, 2.45) is 0 Å². The molecular weight excluding hydrogens is 212 g/mol. The molecule has 0 saturated carbocycles. The molecule has 2 aliphatic heterocycles. The van der Waals surface area contributed by atoms with Crippen LogP contribution in [0.15, 0.2) is 6.33 Å². The summed E-state index contributed by atoms with van der Waals surface area (Å²) >= 11 is 0. The van der Waals surface area contributed by atoms with Gasteiger partial charge in [0.2, 0.25) is 0 Å². The molecule has 1 N–H and O–H groups in total. The van der Waals surface area contributed by atoms with Gasteiger partial charge >= 0.3 is 0 Å². The van der Waals surface area contributed by atoms with Crippen LogP contribution in [0.2, 0.25) is 0 Å². The Hall–Kier alpha value is -1.16. The first kappa shape index (κ1) is 11.0. The number of hydrogen-bond donors (Lipinski definition) is 1. The summed E-state index contributed by atoms with van der Waals surface area (Å²) in [6.07, 6.45) is 8.14. The molecule has 0 aliphatic carbocycles. The molecule has 0 atom stereocenters. The molecule has 1 saturated heterocycles. The van der Waals surface area contributed by atoms with Gasteiger partial charge in [-0.3, -0.25) is 0 Å². The van der Waals surface area contributed by atoms with Gasteiger partial charge in [0, 0.05) is 25.2 Å². The third kappa shape index (κ3) is 2.27. The minimum absolute atomic E-state index is 0.901. The van der Waals surface area contributed by atoms with E-state index < -0.39 is 0 Å². The highest BCUT2D eigenvalue weighted by molar-refractivity contribution is 5.49. The average molecular weight is 232 g/mol. The summed E-state index contributed by atoms with van der Waals surface area (Å²) < 4.78 is 0. The van der Waals surface area contributed by atoms with Crippen molar-refractivity contribution in [3.63, 3.8) is 0 Å². The number of hydrogen-bond acceptors (Lipinski definition) is 4. The van der Waals surface area contributed by atoms with E-state index in [9.17, 15) is 0 Å². The fraction of sp³-hybridized carbons (Fsp3) is 0.692. The van der Waals surface area contributed by atoms with Gasteiger partial charge in [-0.15, -0.1) is 0 Å². The van der Waals surface area contributed by atoms with Crippen molar-refractivity contribution in [1.82, 2.24) is 15.3 Å². The molecule has 0 bridgehead atoms. The van der Waals surface area contributed by atoms with Gasteiger partial charge in [0.25, 0.3) is 0 Å². The fourth-order valence-corrected chi connectivity index (χ4v) is 2.82. The number of fused-ring (bicyclic) bond motifs is 1. The monoisotopic (exact) mass is 232 g/mol. The average Bonchev–Trinajstić information content (AvgIpc) is 2.67. The number of rotatable bonds is 1. The number of aromatic nitrogens is 2. The minimum Gasteiger partial charge on any atom is -0.356 e. The molecule has 1 aromatic heterocycles. The Balaban J connectivity index is 1.90. The van der Waals surface area contributed by atoms with E-state index in [0.717, 1.165) is 32.6 Å². The number of nitrogens with one attached hydrogen (secondary N) is 1. The maximum absolute atomic E-state index is 4.54. The van der Waals surface area contributed by atoms with Crippen molar-refractivity contribution in [1.29, 1.82) is 0 Å². The molecule has 3 rings (SSSR count). The molecule has 0 spiro atoms. The van der Waals surface area contributed by atoms with E-state index in [-0.39, 0.29) is 0 Å². The summed E-state index contributed by atoms with van der Waals surface area (Å²) in [5.41, 5.74) is 2.58. The van der Waals surface area contributed by atoms with Gasteiger partial charge in [-0.05, 0) is 25.8 Å². The predicted molar refractivity (Wildman–Crippen MR) is 68.1 cm³/mol. The highest BCUT2D eigenvalue weighted by atomic mass is 15.2. The first-order valence-corrected chi connectivity index (χ1v) is 6.73. The van der Waals surface area contributed by atoms with Crippen LogP contribution in [-0.2, 0) is 13.0 Å². The zero-order chi connectivity index (χ0) is 11.5. The largest absolute Gasteiger partial charge is 0.356 e. The fourth-order valence-electron chi connectivity index (χ4n) is 2.82. The van der Waals surface area contributed by atoms with Crippen molar-refractivity contribution in [2.45, 2.75) is 38.6 Å². The first-order valence-electron chi connectivity index (χ1n) is 6.73. The summed E-state index contributed by atoms with van der Waals surface area (Å²) in [6, 6.07) is 0. The van der Waals surface area contributed by atoms with Gasteiger partial charge < -0.3 is 10.2 Å². The Kier molecular flexibility index (Phi) is 3.22. The zero-order valence-corrected chi connectivity index (χ0v) is 10.3. The van der Waals surface area contributed by atoms with Crippen LogP contribution >= 0.6 is 0 Å². The van der Waals surface area contributed by atoms with Crippen LogP contribution in [0.5, 0.6) is 0 Å². The third-order valence-electron chi connectivity index (χ3n) is 3.76. The Morgan fingerprint density at radius 1 is 1.06 bits per heavy atom. The van der Waals surface area contributed by atoms with E-state index in [1.54, 1.807) is 6.33 Å². The molecule has 3 heterocycles. The molecule has 92 valence electrons. The van der Waals surface area contributed by atoms with Gasteiger partial charge in [-0.25, -0.2) is 9.97 Å². The number of nitrogens with zero attached hydrogens (tertiary/aromatic N) is 3. The summed E-state index contributed by atoms with van der Waals surface area (Å²) in [6.45, 7) is 4.29. The second-order valence-electron chi connectivity index (χ2n) is 4.95. The summed E-state index contributed by atoms with van der Waals surface area (Å²) in [5, 5.41) is 3.37. The Labute approximate surface area is 102 Å². The standard InChI is InChI=1S/C13H20N4/c1-2-4-8-17(7-3-1)13-11-5-6-14-9-12(11)15-10-16-13/h10,14H,1-9H2. The van der Waals surface area contributed by atoms with E-state index in [1.807, 2.05) is 0 Å². The highest BCUT2D eigenvalue weighted by Gasteiger charge is 2.19. The Morgan fingerprint density at radius 3 is 2.71 bits per heavy atom. The molecule has 4 nitrogen and oxygen atoms in total. The van der Waals surface area contributed by atoms with Crippen molar-refractivity contribution < 1.29 is 0 Å². The topological polar surface area (TPSA) is 41.1 Å². The van der Waals surface area contributed by atoms with Crippen LogP contribution in [0.4, 0.5) is 5.82 Å². The van der Waals surface area contributed by atoms with Gasteiger partial charge in [0.15, 0.2) is 0 Å². The lowest BCUT2D eigenvalue weighted by atomic mass is 10.1. The van der Waals surface area contributed by atoms with Crippen molar-refractivity contribution >= 4 is 5.82 Å². The lowest BCUT2D eigenvalue weighted by molar-refractivity contribution is 0.618. The molecule has 4 heteroatoms. The van der Waals surface area contributed by atoms with Crippen LogP contribution in [0.25, 0.3) is 0 Å². The third-order valence-corrected chi connectivity index (χ3v) is 3.76. The van der Waals surface area contributed by atoms with Gasteiger partial charge in [0.05, 0.1) is 5.69 Å². The quantitative estimate of drug-likeness (QED) is 0.796. The number of anilines is 1. The smallest absolute Gasteiger partial charge is 0.135 e. The lowest BCUT2D eigenvalue weighted by Crippen LogP contribution is -2.31. The van der Waals surface area contributed by atoms with E-state index in [2.05, 4.69) is 20.2 Å². The van der Waals surface area contributed by atoms with Crippen molar-refractivity contribution in [3.05, 3.63) is 17.6 Å². The first-order chi connectivity index (χ1) is 8.45. The molecule has 0 amide bonds. The van der Waals surface area contributed by atoms with Crippen molar-refractivity contribution in [2.75, 3.05) is 24.5 Å². The molecule has 1 fully saturated rings. The van der Waals surface area contributed by atoms with Crippen LogP contribution in [-0.4, -0.2) is 29.6 Å². The molecule has 17 heavy (non-hydrogen) atoms. The van der Waals surface area contributed by atoms with E-state index in [1.165, 1.54) is 42.8 Å². The van der Waals surface area contributed by atoms with Crippen LogP contribution in [0.3, 0.4) is 0 Å². The Morgan fingerprint density at radius 2 is 1.88 bits per heavy atom. The molecular formula is C13H20N4. The maximum atomic E-state index is 4.54. The second kappa shape index (κ2) is 5.00. The molecule has 1 aromatic rings. The maximum Gasteiger partial charge on any atom is 0.135 e. The molecule has 0 unspecified atom stereocenters. The summed E-state index contributed by atoms with van der Waals surface area (Å²) in [7, 11) is 0. The van der Waals surface area contributed by atoms with Crippen LogP contribution in [0.1, 0.15) is 36.9 Å². The van der Waals surface area contributed by atoms with E-state index in [0.29, 0.717) is 0 Å².